The van der Waals surface area contributed by atoms with E-state index in [2.05, 4.69) is 34.3 Å². The van der Waals surface area contributed by atoms with Crippen LogP contribution in [0.15, 0.2) is 185 Å². The number of halogens is 4. The molecule has 0 saturated carbocycles. The number of nitro benzene ring substituents is 4. The molecule has 0 radical (unpaired) electrons. The fraction of sp³-hybridized carbons (Fsp3) is 0.385. The summed E-state index contributed by atoms with van der Waals surface area (Å²) in [6, 6.07) is 36.6. The highest BCUT2D eigenvalue weighted by molar-refractivity contribution is 8.00. The Bertz CT molecular complexity index is 5180. The van der Waals surface area contributed by atoms with E-state index in [9.17, 15) is 74.1 Å². The van der Waals surface area contributed by atoms with Crippen LogP contribution in [0.5, 0.6) is 23.0 Å². The molecule has 4 fully saturated rings. The molecular formula is C78H92Cl4N12O18S6. The van der Waals surface area contributed by atoms with Crippen LogP contribution in [-0.2, 0) is 40.1 Å². The topological polar surface area (TPSA) is 371 Å². The van der Waals surface area contributed by atoms with E-state index >= 15 is 0 Å². The molecule has 8 aromatic carbocycles. The Morgan fingerprint density at radius 3 is 1.12 bits per heavy atom. The highest BCUT2D eigenvalue weighted by Gasteiger charge is 2.39. The third kappa shape index (κ3) is 23.9. The van der Waals surface area contributed by atoms with E-state index in [-0.39, 0.29) is 115 Å². The molecule has 0 aromatic heterocycles. The van der Waals surface area contributed by atoms with Crippen molar-refractivity contribution in [2.24, 2.45) is 0 Å². The number of non-ortho nitro benzene ring substituents is 4. The summed E-state index contributed by atoms with van der Waals surface area (Å²) in [7, 11) is -15.9. The number of piperazine rings is 4. The van der Waals surface area contributed by atoms with Crippen LogP contribution in [0.1, 0.15) is 77.6 Å². The molecule has 0 bridgehead atoms. The van der Waals surface area contributed by atoms with Gasteiger partial charge in [-0.3, -0.25) is 50.3 Å². The Morgan fingerprint density at radius 2 is 0.703 bits per heavy atom. The van der Waals surface area contributed by atoms with Crippen LogP contribution in [-0.4, -0.2) is 195 Å². The Morgan fingerprint density at radius 1 is 0.364 bits per heavy atom. The SMILES string of the molecule is CC(C)N1CCN(S(=O)(=O)c2cc([N+](=O)[O-])ccc2Oc2cc(Cl)ccc2Cl)CC1.CC(C)N1CCN(S(=O)(=O)c2cc([N+](=O)[O-])ccc2Sc2cc(Cl)ccc2Cl)CC1.Cc1ccc(C)c(Oc2ccc([N+](=O)[O-])cc2S(=O)(=O)N2CC(C)NC(C)C2)c1.Cc1ccc(C)c(Sc2ccc([N+](=O)[O-])cc2S(=O)(=O)N2CC(C)NC(C)C2)c1. The van der Waals surface area contributed by atoms with Gasteiger partial charge in [-0.05, 0) is 172 Å². The number of nitro groups is 4. The predicted molar refractivity (Wildman–Crippen MR) is 458 cm³/mol. The number of hydrogen-bond acceptors (Lipinski definition) is 24. The van der Waals surface area contributed by atoms with E-state index in [1.807, 2.05) is 106 Å². The zero-order valence-corrected chi connectivity index (χ0v) is 74.5. The zero-order valence-electron chi connectivity index (χ0n) is 66.6. The van der Waals surface area contributed by atoms with E-state index in [4.69, 9.17) is 55.9 Å². The predicted octanol–water partition coefficient (Wildman–Crippen LogP) is 16.3. The van der Waals surface area contributed by atoms with Crippen LogP contribution < -0.4 is 20.1 Å². The van der Waals surface area contributed by atoms with Crippen molar-refractivity contribution in [2.45, 2.75) is 158 Å². The standard InChI is InChI=1S/C20H25N3O5S.C20H25N3O4S2.C19H21Cl2N3O5S.C19H21Cl2N3O4S2/c2*1-13-5-6-14(2)19(9-13)28-18-8-7-17(23(24)25)10-20(18)29(26,27)22-11-15(3)21-16(4)12-22;2*1-13(2)22-7-9-23(10-8-22)30(27,28)19-12-15(24(25)26)4-6-17(19)29-18-11-14(20)3-5-16(18)21/h2*5-10,15-16,21H,11-12H2,1-4H3;2*3-6,11-13H,7-10H2,1-2H3. The Hall–Kier alpha value is -7.70. The lowest BCUT2D eigenvalue weighted by molar-refractivity contribution is -0.385. The summed E-state index contributed by atoms with van der Waals surface area (Å²) < 4.78 is 124. The summed E-state index contributed by atoms with van der Waals surface area (Å²) >= 11 is 26.8. The molecule has 4 aliphatic rings. The minimum atomic E-state index is -4.04. The Labute approximate surface area is 716 Å². The molecule has 4 aliphatic heterocycles. The minimum absolute atomic E-state index is 0.00217. The fourth-order valence-electron chi connectivity index (χ4n) is 13.2. The maximum absolute atomic E-state index is 13.5. The minimum Gasteiger partial charge on any atom is -0.456 e. The highest BCUT2D eigenvalue weighted by atomic mass is 35.5. The number of sulfonamides is 4. The van der Waals surface area contributed by atoms with E-state index in [1.165, 1.54) is 95.7 Å². The second-order valence-electron chi connectivity index (χ2n) is 29.3. The lowest BCUT2D eigenvalue weighted by Gasteiger charge is -2.36. The molecule has 12 rings (SSSR count). The summed E-state index contributed by atoms with van der Waals surface area (Å²) in [6.45, 7) is 28.3. The van der Waals surface area contributed by atoms with Crippen LogP contribution in [0.25, 0.3) is 0 Å². The van der Waals surface area contributed by atoms with Gasteiger partial charge < -0.3 is 20.1 Å². The smallest absolute Gasteiger partial charge is 0.271 e. The van der Waals surface area contributed by atoms with Gasteiger partial charge in [0, 0.05) is 199 Å². The number of hydrogen-bond donors (Lipinski definition) is 2. The zero-order chi connectivity index (χ0) is 86.8. The van der Waals surface area contributed by atoms with E-state index in [0.717, 1.165) is 57.1 Å². The van der Waals surface area contributed by atoms with Crippen molar-refractivity contribution in [2.75, 3.05) is 78.5 Å². The third-order valence-corrected chi connectivity index (χ3v) is 30.9. The summed E-state index contributed by atoms with van der Waals surface area (Å²) in [5.41, 5.74) is 2.72. The summed E-state index contributed by atoms with van der Waals surface area (Å²) in [6.07, 6.45) is 0. The molecule has 4 atom stereocenters. The van der Waals surface area contributed by atoms with Crippen LogP contribution in [0, 0.1) is 68.2 Å². The van der Waals surface area contributed by atoms with Crippen molar-refractivity contribution in [1.82, 2.24) is 37.7 Å². The molecule has 4 saturated heterocycles. The van der Waals surface area contributed by atoms with Gasteiger partial charge >= 0.3 is 0 Å². The molecule has 4 heterocycles. The van der Waals surface area contributed by atoms with E-state index in [1.54, 1.807) is 24.3 Å². The van der Waals surface area contributed by atoms with E-state index in [0.29, 0.717) is 99.9 Å². The van der Waals surface area contributed by atoms with Crippen molar-refractivity contribution in [3.05, 3.63) is 228 Å². The first kappa shape index (κ1) is 94.2. The lowest BCUT2D eigenvalue weighted by Crippen LogP contribution is -2.55. The number of rotatable bonds is 22. The monoisotopic (exact) mass is 1820 g/mol. The van der Waals surface area contributed by atoms with Gasteiger partial charge in [0.25, 0.3) is 22.7 Å². The molecular weight excluding hydrogens is 1730 g/mol. The van der Waals surface area contributed by atoms with Gasteiger partial charge in [0.2, 0.25) is 40.1 Å². The first-order valence-electron chi connectivity index (χ1n) is 37.2. The Kier molecular flexibility index (Phi) is 32.2. The lowest BCUT2D eigenvalue weighted by atomic mass is 10.1. The molecule has 30 nitrogen and oxygen atoms in total. The first-order chi connectivity index (χ1) is 55.3. The molecule has 0 spiro atoms. The molecule has 4 unspecified atom stereocenters. The van der Waals surface area contributed by atoms with Gasteiger partial charge in [-0.2, -0.15) is 17.2 Å². The van der Waals surface area contributed by atoms with Gasteiger partial charge in [0.15, 0.2) is 0 Å². The van der Waals surface area contributed by atoms with Crippen molar-refractivity contribution in [3.8, 4) is 23.0 Å². The maximum Gasteiger partial charge on any atom is 0.271 e. The largest absolute Gasteiger partial charge is 0.456 e. The molecule has 0 amide bonds. The van der Waals surface area contributed by atoms with Gasteiger partial charge in [-0.1, -0.05) is 94.2 Å². The molecule has 636 valence electrons. The average Bonchev–Trinajstić information content (AvgIpc) is 0.786. The van der Waals surface area contributed by atoms with Crippen LogP contribution in [0.3, 0.4) is 0 Å². The van der Waals surface area contributed by atoms with E-state index < -0.39 is 59.8 Å². The number of nitrogens with one attached hydrogen (secondary N) is 2. The van der Waals surface area contributed by atoms with Crippen molar-refractivity contribution < 1.29 is 62.8 Å². The van der Waals surface area contributed by atoms with Crippen molar-refractivity contribution in [1.29, 1.82) is 0 Å². The average molecular weight is 1820 g/mol. The van der Waals surface area contributed by atoms with Gasteiger partial charge in [-0.25, -0.2) is 33.7 Å². The molecule has 118 heavy (non-hydrogen) atoms. The second-order valence-corrected chi connectivity index (χ2v) is 40.8. The summed E-state index contributed by atoms with van der Waals surface area (Å²) in [4.78, 5) is 48.8. The second kappa shape index (κ2) is 40.3. The van der Waals surface area contributed by atoms with Crippen molar-refractivity contribution >= 4 is 133 Å². The van der Waals surface area contributed by atoms with Gasteiger partial charge in [0.1, 0.15) is 42.6 Å². The quantitative estimate of drug-likeness (QED) is 0.0470. The Balaban J connectivity index is 0.000000179. The number of nitrogens with zero attached hydrogens (tertiary/aromatic N) is 10. The highest BCUT2D eigenvalue weighted by Crippen LogP contribution is 2.44. The van der Waals surface area contributed by atoms with Crippen LogP contribution >= 0.6 is 69.9 Å². The molecule has 40 heteroatoms. The molecule has 8 aromatic rings. The summed E-state index contributed by atoms with van der Waals surface area (Å²) in [5.74, 6) is 0.677. The number of benzene rings is 8. The first-order valence-corrected chi connectivity index (χ1v) is 46.2. The van der Waals surface area contributed by atoms with Crippen LogP contribution in [0.4, 0.5) is 22.7 Å². The number of ether oxygens (including phenoxy) is 2. The van der Waals surface area contributed by atoms with Crippen LogP contribution in [0.2, 0.25) is 20.1 Å². The number of aryl methyl sites for hydroxylation is 4. The van der Waals surface area contributed by atoms with Gasteiger partial charge in [-0.15, -0.1) is 0 Å². The van der Waals surface area contributed by atoms with Gasteiger partial charge in [0.05, 0.1) is 29.7 Å². The molecule has 0 aliphatic carbocycles. The fourth-order valence-corrected chi connectivity index (χ4v) is 23.3. The summed E-state index contributed by atoms with van der Waals surface area (Å²) in [5, 5.41) is 53.2. The normalized spacial score (nSPS) is 18.3. The molecule has 2 N–H and O–H groups in total. The van der Waals surface area contributed by atoms with Crippen molar-refractivity contribution in [3.63, 3.8) is 0 Å². The third-order valence-electron chi connectivity index (χ3n) is 19.4. The maximum atomic E-state index is 13.5.